The van der Waals surface area contributed by atoms with Crippen molar-refractivity contribution in [2.45, 2.75) is 12.8 Å². The van der Waals surface area contributed by atoms with E-state index < -0.39 is 5.41 Å². The Morgan fingerprint density at radius 2 is 1.10 bits per heavy atom. The van der Waals surface area contributed by atoms with Crippen molar-refractivity contribution in [2.24, 2.45) is 0 Å². The lowest BCUT2D eigenvalue weighted by molar-refractivity contribution is 0.748. The highest BCUT2D eigenvalue weighted by molar-refractivity contribution is 6.13. The fraction of sp³-hybridized carbons (Fsp3) is 0.0444. The Labute approximate surface area is 279 Å². The van der Waals surface area contributed by atoms with Crippen molar-refractivity contribution in [1.29, 1.82) is 0 Å². The Bertz CT molecular complexity index is 2700. The molecule has 7 aromatic carbocycles. The molecule has 0 bridgehead atoms. The maximum Gasteiger partial charge on any atom is 0.145 e. The third-order valence-electron chi connectivity index (χ3n) is 10.5. The molecular formula is C45H31N3. The normalized spacial score (nSPS) is 13.4. The number of imidazole rings is 1. The van der Waals surface area contributed by atoms with Crippen LogP contribution in [-0.4, -0.2) is 14.1 Å². The van der Waals surface area contributed by atoms with Crippen LogP contribution in [0.3, 0.4) is 0 Å². The Morgan fingerprint density at radius 1 is 0.458 bits per heavy atom. The summed E-state index contributed by atoms with van der Waals surface area (Å²) in [6.45, 7) is 0. The van der Waals surface area contributed by atoms with Gasteiger partial charge in [-0.25, -0.2) is 4.98 Å². The number of aromatic nitrogens is 3. The summed E-state index contributed by atoms with van der Waals surface area (Å²) >= 11 is 0. The number of nitrogens with zero attached hydrogens (tertiary/aromatic N) is 3. The molecule has 0 fully saturated rings. The first-order chi connectivity index (χ1) is 23.3. The molecule has 0 atom stereocenters. The molecular weight excluding hydrogens is 583 g/mol. The number of para-hydroxylation sites is 5. The second-order valence-electron chi connectivity index (χ2n) is 12.7. The van der Waals surface area contributed by atoms with Gasteiger partial charge in [0.1, 0.15) is 5.82 Å². The number of fused-ring (bicyclic) bond motifs is 13. The van der Waals surface area contributed by atoms with Gasteiger partial charge in [-0.3, -0.25) is 4.57 Å². The first-order valence-corrected chi connectivity index (χ1v) is 16.2. The van der Waals surface area contributed by atoms with Crippen molar-refractivity contribution < 1.29 is 0 Å². The lowest BCUT2D eigenvalue weighted by Crippen LogP contribution is -2.33. The van der Waals surface area contributed by atoms with Crippen molar-refractivity contribution in [2.75, 3.05) is 0 Å². The number of hydrogen-bond donors (Lipinski definition) is 0. The van der Waals surface area contributed by atoms with Crippen molar-refractivity contribution >= 4 is 32.8 Å². The second-order valence-corrected chi connectivity index (χ2v) is 12.7. The molecule has 1 spiro atoms. The van der Waals surface area contributed by atoms with Gasteiger partial charge in [-0.1, -0.05) is 135 Å². The van der Waals surface area contributed by atoms with Crippen LogP contribution in [0, 0.1) is 0 Å². The summed E-state index contributed by atoms with van der Waals surface area (Å²) in [6, 6.07) is 59.9. The first-order valence-electron chi connectivity index (χ1n) is 16.2. The third-order valence-corrected chi connectivity index (χ3v) is 10.5. The van der Waals surface area contributed by atoms with E-state index in [0.29, 0.717) is 0 Å². The molecule has 0 unspecified atom stereocenters. The molecule has 2 aliphatic rings. The molecule has 3 heterocycles. The van der Waals surface area contributed by atoms with Gasteiger partial charge in [0.25, 0.3) is 0 Å². The minimum atomic E-state index is -0.405. The van der Waals surface area contributed by atoms with E-state index >= 15 is 0 Å². The maximum absolute atomic E-state index is 5.21. The molecule has 3 nitrogen and oxygen atoms in total. The van der Waals surface area contributed by atoms with Crippen LogP contribution in [0.15, 0.2) is 164 Å². The molecule has 2 aromatic heterocycles. The van der Waals surface area contributed by atoms with Gasteiger partial charge in [0, 0.05) is 22.0 Å². The summed E-state index contributed by atoms with van der Waals surface area (Å²) in [7, 11) is 0. The molecule has 11 rings (SSSR count). The zero-order chi connectivity index (χ0) is 30.7. The van der Waals surface area contributed by atoms with Gasteiger partial charge < -0.3 is 4.57 Å². The third kappa shape index (κ3) is 3.20. The lowest BCUT2D eigenvalue weighted by Gasteiger charge is -2.39. The van der Waals surface area contributed by atoms with E-state index in [0.717, 1.165) is 28.1 Å². The summed E-state index contributed by atoms with van der Waals surface area (Å²) < 4.78 is 4.80. The Balaban J connectivity index is 0.00000295. The summed E-state index contributed by atoms with van der Waals surface area (Å²) in [4.78, 5) is 5.21. The SMILES string of the molecule is C.c1ccc(-n2c(-c3ccc4c5cccc6c5n(c4c3)-c3ccccc3C63c4ccccc4-c4ccccc43)nc3ccccc32)cc1. The predicted octanol–water partition coefficient (Wildman–Crippen LogP) is 11.1. The Morgan fingerprint density at radius 3 is 1.90 bits per heavy atom. The quantitative estimate of drug-likeness (QED) is 0.190. The topological polar surface area (TPSA) is 22.8 Å². The van der Waals surface area contributed by atoms with Crippen LogP contribution in [0.4, 0.5) is 0 Å². The first kappa shape index (κ1) is 27.0. The van der Waals surface area contributed by atoms with E-state index in [1.54, 1.807) is 0 Å². The Hall–Kier alpha value is -6.19. The van der Waals surface area contributed by atoms with Gasteiger partial charge in [-0.05, 0) is 69.8 Å². The number of hydrogen-bond acceptors (Lipinski definition) is 1. The zero-order valence-electron chi connectivity index (χ0n) is 25.4. The molecule has 0 N–H and O–H groups in total. The van der Waals surface area contributed by atoms with Crippen molar-refractivity contribution in [1.82, 2.24) is 14.1 Å². The summed E-state index contributed by atoms with van der Waals surface area (Å²) in [5.74, 6) is 0.941. The highest BCUT2D eigenvalue weighted by Gasteiger charge is 2.50. The van der Waals surface area contributed by atoms with Gasteiger partial charge in [-0.2, -0.15) is 0 Å². The summed E-state index contributed by atoms with van der Waals surface area (Å²) in [5, 5.41) is 2.52. The highest BCUT2D eigenvalue weighted by atomic mass is 15.1. The predicted molar refractivity (Wildman–Crippen MR) is 198 cm³/mol. The smallest absolute Gasteiger partial charge is 0.145 e. The standard InChI is InChI=1S/C44H27N3.CH4/c1-2-13-29(14-3-1)46-40-24-11-9-22-38(40)45-43(46)28-25-26-32-33-17-12-21-37-42(33)47(41(32)27-28)39-23-10-8-20-36(39)44(37)34-18-6-4-15-30(34)31-16-5-7-19-35(31)44;/h1-27H;1H4. The van der Waals surface area contributed by atoms with E-state index in [1.165, 1.54) is 60.9 Å². The van der Waals surface area contributed by atoms with Crippen LogP contribution in [0.1, 0.15) is 29.7 Å². The van der Waals surface area contributed by atoms with E-state index in [1.807, 2.05) is 0 Å². The van der Waals surface area contributed by atoms with E-state index in [4.69, 9.17) is 4.98 Å². The highest BCUT2D eigenvalue weighted by Crippen LogP contribution is 2.60. The molecule has 0 saturated heterocycles. The Kier molecular flexibility index (Phi) is 5.43. The van der Waals surface area contributed by atoms with Crippen molar-refractivity contribution in [3.05, 3.63) is 186 Å². The monoisotopic (exact) mass is 613 g/mol. The van der Waals surface area contributed by atoms with E-state index in [-0.39, 0.29) is 7.43 Å². The molecule has 0 radical (unpaired) electrons. The molecule has 0 saturated carbocycles. The van der Waals surface area contributed by atoms with Gasteiger partial charge in [0.15, 0.2) is 0 Å². The van der Waals surface area contributed by atoms with E-state index in [9.17, 15) is 0 Å². The second kappa shape index (κ2) is 9.66. The van der Waals surface area contributed by atoms with Gasteiger partial charge in [-0.15, -0.1) is 0 Å². The zero-order valence-corrected chi connectivity index (χ0v) is 25.4. The van der Waals surface area contributed by atoms with E-state index in [2.05, 4.69) is 173 Å². The molecule has 0 amide bonds. The van der Waals surface area contributed by atoms with Crippen LogP contribution in [0.25, 0.3) is 66.7 Å². The van der Waals surface area contributed by atoms with Crippen LogP contribution >= 0.6 is 0 Å². The average molecular weight is 614 g/mol. The molecule has 9 aromatic rings. The minimum absolute atomic E-state index is 0. The van der Waals surface area contributed by atoms with Gasteiger partial charge in [0.2, 0.25) is 0 Å². The lowest BCUT2D eigenvalue weighted by atomic mass is 9.65. The molecule has 48 heavy (non-hydrogen) atoms. The van der Waals surface area contributed by atoms with Gasteiger partial charge >= 0.3 is 0 Å². The average Bonchev–Trinajstić information content (AvgIpc) is 3.79. The number of rotatable bonds is 2. The maximum atomic E-state index is 5.21. The molecule has 1 aliphatic heterocycles. The van der Waals surface area contributed by atoms with Gasteiger partial charge in [0.05, 0.1) is 33.2 Å². The summed E-state index contributed by atoms with van der Waals surface area (Å²) in [5.41, 5.74) is 15.6. The fourth-order valence-electron chi connectivity index (χ4n) is 8.76. The fourth-order valence-corrected chi connectivity index (χ4v) is 8.76. The van der Waals surface area contributed by atoms with Crippen molar-refractivity contribution in [3.63, 3.8) is 0 Å². The van der Waals surface area contributed by atoms with Crippen molar-refractivity contribution in [3.8, 4) is 33.9 Å². The minimum Gasteiger partial charge on any atom is -0.309 e. The molecule has 3 heteroatoms. The molecule has 226 valence electrons. The molecule has 1 aliphatic carbocycles. The van der Waals surface area contributed by atoms with Crippen LogP contribution in [0.2, 0.25) is 0 Å². The summed E-state index contributed by atoms with van der Waals surface area (Å²) in [6.07, 6.45) is 0. The van der Waals surface area contributed by atoms with Crippen LogP contribution in [-0.2, 0) is 5.41 Å². The largest absolute Gasteiger partial charge is 0.309 e. The van der Waals surface area contributed by atoms with Crippen LogP contribution in [0.5, 0.6) is 0 Å². The number of benzene rings is 7. The van der Waals surface area contributed by atoms with Crippen LogP contribution < -0.4 is 0 Å².